The van der Waals surface area contributed by atoms with Crippen molar-refractivity contribution in [2.45, 2.75) is 11.9 Å². The van der Waals surface area contributed by atoms with E-state index in [1.165, 1.54) is 11.8 Å². The van der Waals surface area contributed by atoms with Crippen molar-refractivity contribution < 1.29 is 0 Å². The molecule has 0 aliphatic heterocycles. The van der Waals surface area contributed by atoms with Crippen molar-refractivity contribution in [3.8, 4) is 6.07 Å². The second-order valence-corrected chi connectivity index (χ2v) is 3.12. The smallest absolute Gasteiger partial charge is 0.0970 e. The molecule has 1 aromatic heterocycles. The van der Waals surface area contributed by atoms with Gasteiger partial charge in [-0.05, 0) is 18.6 Å². The SMILES string of the molecule is Cc1ccc(SCC#N)nc1. The third-order valence-corrected chi connectivity index (χ3v) is 1.98. The van der Waals surface area contributed by atoms with Crippen LogP contribution in [0.3, 0.4) is 0 Å². The Bertz CT molecular complexity index is 260. The van der Waals surface area contributed by atoms with Gasteiger partial charge in [0.2, 0.25) is 0 Å². The first-order chi connectivity index (χ1) is 5.33. The van der Waals surface area contributed by atoms with Crippen molar-refractivity contribution in [2.24, 2.45) is 0 Å². The van der Waals surface area contributed by atoms with Gasteiger partial charge in [-0.1, -0.05) is 17.8 Å². The first-order valence-corrected chi connectivity index (χ1v) is 4.24. The maximum absolute atomic E-state index is 8.28. The fourth-order valence-corrected chi connectivity index (χ4v) is 1.15. The molecule has 0 radical (unpaired) electrons. The lowest BCUT2D eigenvalue weighted by molar-refractivity contribution is 1.11. The molecule has 1 aromatic rings. The number of pyridine rings is 1. The molecule has 3 heteroatoms. The summed E-state index contributed by atoms with van der Waals surface area (Å²) in [4.78, 5) is 4.13. The van der Waals surface area contributed by atoms with E-state index in [9.17, 15) is 0 Å². The summed E-state index contributed by atoms with van der Waals surface area (Å²) < 4.78 is 0. The topological polar surface area (TPSA) is 36.7 Å². The number of nitrogens with zero attached hydrogens (tertiary/aromatic N) is 2. The minimum Gasteiger partial charge on any atom is -0.250 e. The van der Waals surface area contributed by atoms with Crippen LogP contribution in [0, 0.1) is 18.3 Å². The molecule has 56 valence electrons. The molecule has 0 saturated heterocycles. The van der Waals surface area contributed by atoms with Gasteiger partial charge in [-0.15, -0.1) is 0 Å². The van der Waals surface area contributed by atoms with Crippen LogP contribution in [0.1, 0.15) is 5.56 Å². The van der Waals surface area contributed by atoms with Gasteiger partial charge in [0.25, 0.3) is 0 Å². The quantitative estimate of drug-likeness (QED) is 0.627. The van der Waals surface area contributed by atoms with Gasteiger partial charge >= 0.3 is 0 Å². The summed E-state index contributed by atoms with van der Waals surface area (Å²) in [5.74, 6) is 0.468. The molecule has 0 N–H and O–H groups in total. The average molecular weight is 164 g/mol. The Morgan fingerprint density at radius 3 is 3.00 bits per heavy atom. The summed E-state index contributed by atoms with van der Waals surface area (Å²) in [6, 6.07) is 5.97. The highest BCUT2D eigenvalue weighted by Crippen LogP contribution is 2.13. The van der Waals surface area contributed by atoms with E-state index in [1.54, 1.807) is 6.20 Å². The fraction of sp³-hybridized carbons (Fsp3) is 0.250. The van der Waals surface area contributed by atoms with Gasteiger partial charge in [0.1, 0.15) is 0 Å². The van der Waals surface area contributed by atoms with Crippen LogP contribution in [0.5, 0.6) is 0 Å². The summed E-state index contributed by atoms with van der Waals surface area (Å²) in [6.07, 6.45) is 1.81. The highest BCUT2D eigenvalue weighted by atomic mass is 32.2. The standard InChI is InChI=1S/C8H8N2S/c1-7-2-3-8(10-6-7)11-5-4-9/h2-3,6H,5H2,1H3. The predicted octanol–water partition coefficient (Wildman–Crippen LogP) is 2.01. The average Bonchev–Trinajstić information content (AvgIpc) is 2.04. The number of rotatable bonds is 2. The molecule has 0 atom stereocenters. The molecular weight excluding hydrogens is 156 g/mol. The maximum Gasteiger partial charge on any atom is 0.0970 e. The molecule has 11 heavy (non-hydrogen) atoms. The van der Waals surface area contributed by atoms with Crippen LogP contribution >= 0.6 is 11.8 Å². The van der Waals surface area contributed by atoms with Gasteiger partial charge in [-0.3, -0.25) is 0 Å². The number of nitriles is 1. The fourth-order valence-electron chi connectivity index (χ4n) is 0.646. The molecule has 0 aliphatic carbocycles. The third kappa shape index (κ3) is 2.60. The summed E-state index contributed by atoms with van der Waals surface area (Å²) >= 11 is 1.46. The predicted molar refractivity (Wildman–Crippen MR) is 45.3 cm³/mol. The van der Waals surface area contributed by atoms with Crippen LogP contribution in [-0.2, 0) is 0 Å². The lowest BCUT2D eigenvalue weighted by atomic mass is 10.3. The normalized spacial score (nSPS) is 9.09. The van der Waals surface area contributed by atoms with E-state index in [-0.39, 0.29) is 0 Å². The zero-order chi connectivity index (χ0) is 8.10. The lowest BCUT2D eigenvalue weighted by Gasteiger charge is -1.94. The summed E-state index contributed by atoms with van der Waals surface area (Å²) in [5.41, 5.74) is 1.14. The van der Waals surface area contributed by atoms with Gasteiger partial charge in [0, 0.05) is 6.20 Å². The first kappa shape index (κ1) is 8.09. The number of aryl methyl sites for hydroxylation is 1. The third-order valence-electron chi connectivity index (χ3n) is 1.17. The highest BCUT2D eigenvalue weighted by molar-refractivity contribution is 7.99. The van der Waals surface area contributed by atoms with Crippen LogP contribution in [0.2, 0.25) is 0 Å². The van der Waals surface area contributed by atoms with E-state index in [4.69, 9.17) is 5.26 Å². The van der Waals surface area contributed by atoms with E-state index in [2.05, 4.69) is 11.1 Å². The molecule has 1 heterocycles. The van der Waals surface area contributed by atoms with Gasteiger partial charge < -0.3 is 0 Å². The van der Waals surface area contributed by atoms with Crippen LogP contribution in [0.25, 0.3) is 0 Å². The van der Waals surface area contributed by atoms with Crippen LogP contribution in [-0.4, -0.2) is 10.7 Å². The number of hydrogen-bond acceptors (Lipinski definition) is 3. The van der Waals surface area contributed by atoms with Gasteiger partial charge in [-0.2, -0.15) is 5.26 Å². The largest absolute Gasteiger partial charge is 0.250 e. The molecule has 0 amide bonds. The minimum absolute atomic E-state index is 0.468. The van der Waals surface area contributed by atoms with E-state index in [0.29, 0.717) is 5.75 Å². The van der Waals surface area contributed by atoms with Crippen LogP contribution in [0.15, 0.2) is 23.4 Å². The number of aromatic nitrogens is 1. The van der Waals surface area contributed by atoms with Crippen molar-refractivity contribution in [1.29, 1.82) is 5.26 Å². The summed E-state index contributed by atoms with van der Waals surface area (Å²) in [6.45, 7) is 1.99. The number of thioether (sulfide) groups is 1. The molecule has 0 fully saturated rings. The molecular formula is C8H8N2S. The molecule has 1 rings (SSSR count). The Balaban J connectivity index is 2.60. The van der Waals surface area contributed by atoms with Gasteiger partial charge in [0.15, 0.2) is 0 Å². The van der Waals surface area contributed by atoms with E-state index in [1.807, 2.05) is 19.1 Å². The molecule has 0 aromatic carbocycles. The van der Waals surface area contributed by atoms with E-state index >= 15 is 0 Å². The van der Waals surface area contributed by atoms with Crippen molar-refractivity contribution in [3.05, 3.63) is 23.9 Å². The Morgan fingerprint density at radius 2 is 2.45 bits per heavy atom. The Hall–Kier alpha value is -1.01. The summed E-state index contributed by atoms with van der Waals surface area (Å²) in [7, 11) is 0. The molecule has 2 nitrogen and oxygen atoms in total. The zero-order valence-electron chi connectivity index (χ0n) is 6.24. The Kier molecular flexibility index (Phi) is 2.94. The second-order valence-electron chi connectivity index (χ2n) is 2.12. The Morgan fingerprint density at radius 1 is 1.64 bits per heavy atom. The number of hydrogen-bond donors (Lipinski definition) is 0. The Labute approximate surface area is 70.3 Å². The van der Waals surface area contributed by atoms with Crippen LogP contribution in [0.4, 0.5) is 0 Å². The van der Waals surface area contributed by atoms with Crippen molar-refractivity contribution in [1.82, 2.24) is 4.98 Å². The first-order valence-electron chi connectivity index (χ1n) is 3.25. The summed E-state index contributed by atoms with van der Waals surface area (Å²) in [5, 5.41) is 9.20. The molecule has 0 spiro atoms. The molecule has 0 aliphatic rings. The van der Waals surface area contributed by atoms with Crippen LogP contribution < -0.4 is 0 Å². The second kappa shape index (κ2) is 3.99. The van der Waals surface area contributed by atoms with Gasteiger partial charge in [0.05, 0.1) is 16.8 Å². The van der Waals surface area contributed by atoms with Crippen molar-refractivity contribution in [3.63, 3.8) is 0 Å². The molecule has 0 unspecified atom stereocenters. The van der Waals surface area contributed by atoms with E-state index in [0.717, 1.165) is 10.6 Å². The van der Waals surface area contributed by atoms with Crippen molar-refractivity contribution >= 4 is 11.8 Å². The molecule has 0 bridgehead atoms. The minimum atomic E-state index is 0.468. The monoisotopic (exact) mass is 164 g/mol. The van der Waals surface area contributed by atoms with Gasteiger partial charge in [-0.25, -0.2) is 4.98 Å². The maximum atomic E-state index is 8.28. The molecule has 0 saturated carbocycles. The van der Waals surface area contributed by atoms with E-state index < -0.39 is 0 Å². The zero-order valence-corrected chi connectivity index (χ0v) is 7.06. The lowest BCUT2D eigenvalue weighted by Crippen LogP contribution is -1.80. The van der Waals surface area contributed by atoms with Crippen molar-refractivity contribution in [2.75, 3.05) is 5.75 Å². The highest BCUT2D eigenvalue weighted by Gasteiger charge is 1.92.